The third-order valence-corrected chi connectivity index (χ3v) is 2.98. The average Bonchev–Trinajstić information content (AvgIpc) is 2.53. The second-order valence-corrected chi connectivity index (χ2v) is 4.80. The van der Waals surface area contributed by atoms with Crippen molar-refractivity contribution >= 4 is 17.5 Å². The van der Waals surface area contributed by atoms with Crippen molar-refractivity contribution in [3.8, 4) is 11.5 Å². The van der Waals surface area contributed by atoms with Crippen molar-refractivity contribution in [2.45, 2.75) is 6.92 Å². The zero-order valence-corrected chi connectivity index (χ0v) is 13.0. The van der Waals surface area contributed by atoms with E-state index in [1.165, 1.54) is 12.3 Å². The minimum absolute atomic E-state index is 0.280. The van der Waals surface area contributed by atoms with Crippen LogP contribution in [0.2, 0.25) is 5.02 Å². The summed E-state index contributed by atoms with van der Waals surface area (Å²) in [5.41, 5.74) is 0.286. The molecule has 0 saturated heterocycles. The highest BCUT2D eigenvalue weighted by atomic mass is 35.5. The molecule has 0 bridgehead atoms. The lowest BCUT2D eigenvalue weighted by Crippen LogP contribution is -2.28. The van der Waals surface area contributed by atoms with E-state index in [0.717, 1.165) is 11.5 Å². The molecule has 0 aliphatic rings. The number of pyridine rings is 1. The van der Waals surface area contributed by atoms with Crippen molar-refractivity contribution in [2.75, 3.05) is 19.8 Å². The van der Waals surface area contributed by atoms with Crippen LogP contribution < -0.4 is 14.8 Å². The summed E-state index contributed by atoms with van der Waals surface area (Å²) in [6.07, 6.45) is 1.49. The van der Waals surface area contributed by atoms with E-state index in [-0.39, 0.29) is 11.6 Å². The Morgan fingerprint density at radius 1 is 1.18 bits per heavy atom. The lowest BCUT2D eigenvalue weighted by molar-refractivity contribution is 0.0942. The van der Waals surface area contributed by atoms with Crippen LogP contribution in [0, 0.1) is 0 Å². The molecule has 0 radical (unpaired) electrons. The first-order chi connectivity index (χ1) is 10.7. The standard InChI is InChI=1S/C16H17ClN2O3/c1-2-21-13-3-5-14(6-4-13)22-10-9-19-16(20)15-11-12(17)7-8-18-15/h3-8,11H,2,9-10H2,1H3,(H,19,20). The van der Waals surface area contributed by atoms with Gasteiger partial charge < -0.3 is 14.8 Å². The first kappa shape index (κ1) is 16.1. The quantitative estimate of drug-likeness (QED) is 0.797. The molecular weight excluding hydrogens is 304 g/mol. The van der Waals surface area contributed by atoms with Crippen molar-refractivity contribution in [1.82, 2.24) is 10.3 Å². The van der Waals surface area contributed by atoms with Crippen LogP contribution in [-0.4, -0.2) is 30.6 Å². The number of hydrogen-bond donors (Lipinski definition) is 1. The molecule has 0 atom stereocenters. The van der Waals surface area contributed by atoms with E-state index in [4.69, 9.17) is 21.1 Å². The molecule has 2 rings (SSSR count). The lowest BCUT2D eigenvalue weighted by Gasteiger charge is -2.08. The van der Waals surface area contributed by atoms with Crippen LogP contribution in [0.4, 0.5) is 0 Å². The number of nitrogens with zero attached hydrogens (tertiary/aromatic N) is 1. The minimum atomic E-state index is -0.280. The van der Waals surface area contributed by atoms with Gasteiger partial charge in [0.2, 0.25) is 0 Å². The third-order valence-electron chi connectivity index (χ3n) is 2.75. The lowest BCUT2D eigenvalue weighted by atomic mass is 10.3. The second kappa shape index (κ2) is 8.24. The van der Waals surface area contributed by atoms with Gasteiger partial charge in [-0.1, -0.05) is 11.6 Å². The van der Waals surface area contributed by atoms with Gasteiger partial charge in [-0.2, -0.15) is 0 Å². The number of carbonyl (C=O) groups is 1. The number of rotatable bonds is 7. The Hall–Kier alpha value is -2.27. The zero-order valence-electron chi connectivity index (χ0n) is 12.2. The molecule has 116 valence electrons. The number of ether oxygens (including phenoxy) is 2. The van der Waals surface area contributed by atoms with Crippen molar-refractivity contribution in [3.05, 3.63) is 53.3 Å². The van der Waals surface area contributed by atoms with Gasteiger partial charge >= 0.3 is 0 Å². The van der Waals surface area contributed by atoms with E-state index < -0.39 is 0 Å². The van der Waals surface area contributed by atoms with E-state index in [1.807, 2.05) is 31.2 Å². The fraction of sp³-hybridized carbons (Fsp3) is 0.250. The molecule has 5 nitrogen and oxygen atoms in total. The Labute approximate surface area is 134 Å². The predicted molar refractivity (Wildman–Crippen MR) is 84.7 cm³/mol. The van der Waals surface area contributed by atoms with Gasteiger partial charge in [0.15, 0.2) is 0 Å². The molecule has 2 aromatic rings. The molecule has 1 aromatic carbocycles. The van der Waals surface area contributed by atoms with Gasteiger partial charge in [0.25, 0.3) is 5.91 Å². The van der Waals surface area contributed by atoms with Gasteiger partial charge in [0, 0.05) is 11.2 Å². The van der Waals surface area contributed by atoms with Crippen LogP contribution >= 0.6 is 11.6 Å². The van der Waals surface area contributed by atoms with Gasteiger partial charge in [-0.05, 0) is 43.3 Å². The molecule has 22 heavy (non-hydrogen) atoms. The first-order valence-electron chi connectivity index (χ1n) is 6.94. The smallest absolute Gasteiger partial charge is 0.270 e. The largest absolute Gasteiger partial charge is 0.494 e. The molecule has 0 fully saturated rings. The predicted octanol–water partition coefficient (Wildman–Crippen LogP) is 2.94. The summed E-state index contributed by atoms with van der Waals surface area (Å²) >= 11 is 5.81. The Balaban J connectivity index is 1.73. The molecule has 0 spiro atoms. The van der Waals surface area contributed by atoms with Crippen LogP contribution in [0.25, 0.3) is 0 Å². The minimum Gasteiger partial charge on any atom is -0.494 e. The Morgan fingerprint density at radius 2 is 1.86 bits per heavy atom. The maximum Gasteiger partial charge on any atom is 0.270 e. The second-order valence-electron chi connectivity index (χ2n) is 4.37. The average molecular weight is 321 g/mol. The molecule has 0 unspecified atom stereocenters. The number of carbonyl (C=O) groups excluding carboxylic acids is 1. The molecule has 0 aliphatic heterocycles. The van der Waals surface area contributed by atoms with Crippen molar-refractivity contribution in [3.63, 3.8) is 0 Å². The van der Waals surface area contributed by atoms with Gasteiger partial charge in [0.05, 0.1) is 13.2 Å². The molecular formula is C16H17ClN2O3. The number of benzene rings is 1. The normalized spacial score (nSPS) is 10.1. The fourth-order valence-corrected chi connectivity index (χ4v) is 1.91. The van der Waals surface area contributed by atoms with E-state index in [9.17, 15) is 4.79 Å². The van der Waals surface area contributed by atoms with Crippen molar-refractivity contribution < 1.29 is 14.3 Å². The molecule has 0 aliphatic carbocycles. The van der Waals surface area contributed by atoms with E-state index in [1.54, 1.807) is 6.07 Å². The maximum atomic E-state index is 11.8. The van der Waals surface area contributed by atoms with Gasteiger partial charge in [-0.3, -0.25) is 9.78 Å². The molecule has 1 amide bonds. The fourth-order valence-electron chi connectivity index (χ4n) is 1.75. The molecule has 1 aromatic heterocycles. The zero-order chi connectivity index (χ0) is 15.8. The summed E-state index contributed by atoms with van der Waals surface area (Å²) in [4.78, 5) is 15.8. The number of aromatic nitrogens is 1. The molecule has 6 heteroatoms. The van der Waals surface area contributed by atoms with Gasteiger partial charge in [-0.15, -0.1) is 0 Å². The third kappa shape index (κ3) is 4.93. The summed E-state index contributed by atoms with van der Waals surface area (Å²) in [7, 11) is 0. The van der Waals surface area contributed by atoms with Crippen LogP contribution in [0.3, 0.4) is 0 Å². The van der Waals surface area contributed by atoms with E-state index >= 15 is 0 Å². The van der Waals surface area contributed by atoms with Crippen LogP contribution in [-0.2, 0) is 0 Å². The van der Waals surface area contributed by atoms with Crippen molar-refractivity contribution in [2.24, 2.45) is 0 Å². The van der Waals surface area contributed by atoms with Crippen LogP contribution in [0.15, 0.2) is 42.6 Å². The highest BCUT2D eigenvalue weighted by Crippen LogP contribution is 2.17. The van der Waals surface area contributed by atoms with Gasteiger partial charge in [0.1, 0.15) is 23.8 Å². The highest BCUT2D eigenvalue weighted by molar-refractivity contribution is 6.30. The summed E-state index contributed by atoms with van der Waals surface area (Å²) < 4.78 is 10.9. The summed E-state index contributed by atoms with van der Waals surface area (Å²) in [5.74, 6) is 1.24. The summed E-state index contributed by atoms with van der Waals surface area (Å²) in [5, 5.41) is 3.20. The molecule has 0 saturated carbocycles. The molecule has 1 heterocycles. The SMILES string of the molecule is CCOc1ccc(OCCNC(=O)c2cc(Cl)ccn2)cc1. The Bertz CT molecular complexity index is 617. The van der Waals surface area contributed by atoms with Crippen LogP contribution in [0.5, 0.6) is 11.5 Å². The van der Waals surface area contributed by atoms with E-state index in [2.05, 4.69) is 10.3 Å². The summed E-state index contributed by atoms with van der Waals surface area (Å²) in [6, 6.07) is 10.5. The number of halogens is 1. The summed E-state index contributed by atoms with van der Waals surface area (Å²) in [6.45, 7) is 3.30. The Morgan fingerprint density at radius 3 is 2.50 bits per heavy atom. The highest BCUT2D eigenvalue weighted by Gasteiger charge is 2.06. The maximum absolute atomic E-state index is 11.8. The number of amides is 1. The first-order valence-corrected chi connectivity index (χ1v) is 7.32. The molecule has 1 N–H and O–H groups in total. The number of nitrogens with one attached hydrogen (secondary N) is 1. The topological polar surface area (TPSA) is 60.5 Å². The monoisotopic (exact) mass is 320 g/mol. The van der Waals surface area contributed by atoms with Gasteiger partial charge in [-0.25, -0.2) is 0 Å². The van der Waals surface area contributed by atoms with E-state index in [0.29, 0.717) is 24.8 Å². The van der Waals surface area contributed by atoms with Crippen LogP contribution in [0.1, 0.15) is 17.4 Å². The Kier molecular flexibility index (Phi) is 6.03. The number of hydrogen-bond acceptors (Lipinski definition) is 4. The van der Waals surface area contributed by atoms with Crippen molar-refractivity contribution in [1.29, 1.82) is 0 Å².